The highest BCUT2D eigenvalue weighted by Gasteiger charge is 2.36. The van der Waals surface area contributed by atoms with Crippen LogP contribution in [0.25, 0.3) is 52.8 Å². The third kappa shape index (κ3) is 10.3. The average Bonchev–Trinajstić information content (AvgIpc) is 3.80. The van der Waals surface area contributed by atoms with Gasteiger partial charge in [-0.25, -0.2) is 0 Å². The van der Waals surface area contributed by atoms with Crippen molar-refractivity contribution < 1.29 is 0 Å². The van der Waals surface area contributed by atoms with Crippen molar-refractivity contribution in [2.45, 2.75) is 87.5 Å². The van der Waals surface area contributed by atoms with Crippen molar-refractivity contribution in [3.05, 3.63) is 227 Å². The molecular weight excluding hydrogens is 789 g/mol. The Bertz CT molecular complexity index is 3050. The van der Waals surface area contributed by atoms with Gasteiger partial charge in [0, 0.05) is 25.6 Å². The summed E-state index contributed by atoms with van der Waals surface area (Å²) in [4.78, 5) is 0. The fourth-order valence-corrected chi connectivity index (χ4v) is 10.3. The summed E-state index contributed by atoms with van der Waals surface area (Å²) in [6.07, 6.45) is 9.26. The molecule has 8 aromatic carbocycles. The van der Waals surface area contributed by atoms with Crippen molar-refractivity contribution in [3.8, 4) is 11.1 Å². The van der Waals surface area contributed by atoms with Gasteiger partial charge in [-0.3, -0.25) is 0 Å². The van der Waals surface area contributed by atoms with Gasteiger partial charge >= 0.3 is 0 Å². The zero-order chi connectivity index (χ0) is 45.4. The Hall–Kier alpha value is -6.02. The van der Waals surface area contributed by atoms with Crippen molar-refractivity contribution in [2.24, 2.45) is 11.8 Å². The standard InChI is InChI=1S/C21H20.C14H12S.C11H10.C10H16.C7H8/c1-13-9-10-17-18(11-13)21(3,4)19-12-14(2)15-7-5-6-8-16(15)20(17)19;1-2-10-6-5-9-13-14(10)11-7-3-4-8-12(11)15-13;1-9-5-4-7-10-6-2-3-8-11(9)10;1-8(2)10-6-4-9(3)5-7-10;1-7-5-3-2-4-6-7/h5-12H,1-4H3;3-9H,2H2,1H3;2-8H,1H3;4,6-9H,5H2,1-3H3;2-6H,1H3. The Morgan fingerprint density at radius 2 is 1.20 bits per heavy atom. The molecule has 64 heavy (non-hydrogen) atoms. The third-order valence-corrected chi connectivity index (χ3v) is 14.0. The monoisotopic (exact) mass is 854 g/mol. The molecule has 324 valence electrons. The molecule has 11 rings (SSSR count). The van der Waals surface area contributed by atoms with E-state index in [1.54, 1.807) is 0 Å². The molecule has 0 bridgehead atoms. The smallest absolute Gasteiger partial charge is 0.0358 e. The molecule has 0 amide bonds. The lowest BCUT2D eigenvalue weighted by molar-refractivity contribution is 0.659. The highest BCUT2D eigenvalue weighted by molar-refractivity contribution is 7.25. The lowest BCUT2D eigenvalue weighted by atomic mass is 9.81. The predicted octanol–water partition coefficient (Wildman–Crippen LogP) is 18.7. The first-order valence-corrected chi connectivity index (χ1v) is 24.1. The van der Waals surface area contributed by atoms with E-state index in [1.165, 1.54) is 104 Å². The molecule has 2 aliphatic carbocycles. The summed E-state index contributed by atoms with van der Waals surface area (Å²) in [6, 6.07) is 58.5. The molecule has 1 heteroatoms. The van der Waals surface area contributed by atoms with Crippen molar-refractivity contribution in [3.63, 3.8) is 0 Å². The second-order valence-electron chi connectivity index (χ2n) is 18.5. The van der Waals surface area contributed by atoms with E-state index in [0.717, 1.165) is 12.3 Å². The summed E-state index contributed by atoms with van der Waals surface area (Å²) < 4.78 is 2.81. The number of aryl methyl sites for hydroxylation is 5. The molecule has 1 heterocycles. The molecule has 0 aliphatic heterocycles. The van der Waals surface area contributed by atoms with Crippen LogP contribution in [0.1, 0.15) is 86.9 Å². The maximum absolute atomic E-state index is 2.40. The van der Waals surface area contributed by atoms with Crippen LogP contribution in [0.3, 0.4) is 0 Å². The molecule has 0 radical (unpaired) electrons. The molecule has 9 aromatic rings. The van der Waals surface area contributed by atoms with Gasteiger partial charge in [0.15, 0.2) is 0 Å². The molecule has 1 aromatic heterocycles. The Morgan fingerprint density at radius 3 is 1.86 bits per heavy atom. The van der Waals surface area contributed by atoms with Crippen molar-refractivity contribution in [1.82, 2.24) is 0 Å². The van der Waals surface area contributed by atoms with Gasteiger partial charge in [0.2, 0.25) is 0 Å². The van der Waals surface area contributed by atoms with Crippen LogP contribution in [0.15, 0.2) is 188 Å². The van der Waals surface area contributed by atoms with Gasteiger partial charge in [-0.2, -0.15) is 0 Å². The van der Waals surface area contributed by atoms with E-state index >= 15 is 0 Å². The summed E-state index contributed by atoms with van der Waals surface area (Å²) in [5, 5.41) is 8.32. The molecule has 0 N–H and O–H groups in total. The Kier molecular flexibility index (Phi) is 14.8. The number of hydrogen-bond donors (Lipinski definition) is 0. The second-order valence-corrected chi connectivity index (χ2v) is 19.5. The first-order valence-electron chi connectivity index (χ1n) is 23.2. The van der Waals surface area contributed by atoms with Gasteiger partial charge in [-0.05, 0) is 131 Å². The minimum Gasteiger partial charge on any atom is -0.135 e. The Balaban J connectivity index is 0.000000126. The first kappa shape index (κ1) is 46.0. The van der Waals surface area contributed by atoms with Gasteiger partial charge in [-0.15, -0.1) is 11.3 Å². The number of thiophene rings is 1. The molecule has 0 nitrogen and oxygen atoms in total. The molecule has 1 atom stereocenters. The van der Waals surface area contributed by atoms with Gasteiger partial charge in [0.1, 0.15) is 0 Å². The second kappa shape index (κ2) is 20.7. The zero-order valence-corrected chi connectivity index (χ0v) is 40.6. The number of hydrogen-bond acceptors (Lipinski definition) is 1. The van der Waals surface area contributed by atoms with E-state index in [2.05, 4.69) is 233 Å². The fraction of sp³-hybridized carbons (Fsp3) is 0.238. The SMILES string of the molecule is CC1C=CC(C(C)C)=CC1.CCc1cccc2sc3ccccc3c12.Cc1ccc2c(c1)C(C)(C)c1cc(C)c3ccccc3c1-2.Cc1cccc2ccccc12.Cc1ccccc1. The summed E-state index contributed by atoms with van der Waals surface area (Å²) in [6.45, 7) is 22.3. The van der Waals surface area contributed by atoms with Crippen LogP contribution >= 0.6 is 11.3 Å². The third-order valence-electron chi connectivity index (χ3n) is 12.9. The van der Waals surface area contributed by atoms with E-state index in [9.17, 15) is 0 Å². The van der Waals surface area contributed by atoms with Gasteiger partial charge in [-0.1, -0.05) is 223 Å². The highest BCUT2D eigenvalue weighted by atomic mass is 32.1. The topological polar surface area (TPSA) is 0 Å². The maximum atomic E-state index is 2.40. The molecule has 0 saturated carbocycles. The van der Waals surface area contributed by atoms with Crippen LogP contribution in [-0.2, 0) is 11.8 Å². The lowest BCUT2D eigenvalue weighted by Gasteiger charge is -2.22. The van der Waals surface area contributed by atoms with Crippen LogP contribution in [0.5, 0.6) is 0 Å². The highest BCUT2D eigenvalue weighted by Crippen LogP contribution is 2.52. The summed E-state index contributed by atoms with van der Waals surface area (Å²) in [5.41, 5.74) is 14.2. The number of fused-ring (bicyclic) bond motifs is 9. The average molecular weight is 855 g/mol. The van der Waals surface area contributed by atoms with Gasteiger partial charge in [0.05, 0.1) is 0 Å². The molecule has 2 aliphatic rings. The Morgan fingerprint density at radius 1 is 0.578 bits per heavy atom. The minimum atomic E-state index is 0.0888. The molecule has 0 saturated heterocycles. The largest absolute Gasteiger partial charge is 0.135 e. The normalized spacial score (nSPS) is 14.2. The summed E-state index contributed by atoms with van der Waals surface area (Å²) in [5.74, 6) is 1.45. The number of rotatable bonds is 2. The van der Waals surface area contributed by atoms with Crippen molar-refractivity contribution in [1.29, 1.82) is 0 Å². The number of benzene rings is 8. The quantitative estimate of drug-likeness (QED) is 0.163. The predicted molar refractivity (Wildman–Crippen MR) is 285 cm³/mol. The summed E-state index contributed by atoms with van der Waals surface area (Å²) >= 11 is 1.89. The molecule has 1 unspecified atom stereocenters. The van der Waals surface area contributed by atoms with Crippen LogP contribution in [0, 0.1) is 39.5 Å². The van der Waals surface area contributed by atoms with E-state index in [1.807, 2.05) is 29.5 Å². The van der Waals surface area contributed by atoms with Crippen molar-refractivity contribution in [2.75, 3.05) is 0 Å². The maximum Gasteiger partial charge on any atom is 0.0358 e. The Labute approximate surface area is 388 Å². The van der Waals surface area contributed by atoms with Crippen molar-refractivity contribution >= 4 is 53.1 Å². The molecule has 0 spiro atoms. The minimum absolute atomic E-state index is 0.0888. The van der Waals surface area contributed by atoms with Gasteiger partial charge in [0.25, 0.3) is 0 Å². The molecule has 0 fully saturated rings. The fourth-order valence-electron chi connectivity index (χ4n) is 9.11. The van der Waals surface area contributed by atoms with Crippen LogP contribution in [0.2, 0.25) is 0 Å². The summed E-state index contributed by atoms with van der Waals surface area (Å²) in [7, 11) is 0. The van der Waals surface area contributed by atoms with Gasteiger partial charge < -0.3 is 0 Å². The molecular formula is C63H66S. The van der Waals surface area contributed by atoms with E-state index in [4.69, 9.17) is 0 Å². The van der Waals surface area contributed by atoms with E-state index in [-0.39, 0.29) is 5.41 Å². The lowest BCUT2D eigenvalue weighted by Crippen LogP contribution is -2.15. The van der Waals surface area contributed by atoms with E-state index < -0.39 is 0 Å². The zero-order valence-electron chi connectivity index (χ0n) is 39.8. The van der Waals surface area contributed by atoms with Crippen LogP contribution < -0.4 is 0 Å². The van der Waals surface area contributed by atoms with E-state index in [0.29, 0.717) is 5.92 Å². The van der Waals surface area contributed by atoms with Crippen LogP contribution in [-0.4, -0.2) is 0 Å². The number of allylic oxidation sites excluding steroid dienone is 4. The van der Waals surface area contributed by atoms with Crippen LogP contribution in [0.4, 0.5) is 0 Å². The first-order chi connectivity index (χ1) is 30.9.